The number of carbonyl (C=O) groups is 1. The van der Waals surface area contributed by atoms with Gasteiger partial charge in [0.25, 0.3) is 5.69 Å². The van der Waals surface area contributed by atoms with Crippen molar-refractivity contribution in [3.05, 3.63) is 82.2 Å². The fraction of sp³-hybridized carbons (Fsp3) is 0.136. The lowest BCUT2D eigenvalue weighted by Crippen LogP contribution is -2.14. The summed E-state index contributed by atoms with van der Waals surface area (Å²) in [6, 6.07) is 17.6. The number of aromatic nitrogens is 3. The normalized spacial score (nSPS) is 10.9. The van der Waals surface area contributed by atoms with Crippen molar-refractivity contribution in [3.63, 3.8) is 0 Å². The van der Waals surface area contributed by atoms with Gasteiger partial charge in [-0.3, -0.25) is 14.9 Å². The number of hydrogen-bond donors (Lipinski definition) is 1. The van der Waals surface area contributed by atoms with Gasteiger partial charge in [0.15, 0.2) is 5.65 Å². The highest BCUT2D eigenvalue weighted by Crippen LogP contribution is 2.30. The molecular formula is C22H19N5O3S. The Balaban J connectivity index is 1.55. The molecule has 9 heteroatoms. The number of hydrogen-bond acceptors (Lipinski definition) is 6. The molecule has 0 aliphatic carbocycles. The molecule has 156 valence electrons. The van der Waals surface area contributed by atoms with Gasteiger partial charge in [-0.2, -0.15) is 5.10 Å². The third-order valence-corrected chi connectivity index (χ3v) is 5.63. The lowest BCUT2D eigenvalue weighted by molar-refractivity contribution is -0.384. The van der Waals surface area contributed by atoms with E-state index in [1.54, 1.807) is 4.52 Å². The third kappa shape index (κ3) is 4.41. The molecule has 0 radical (unpaired) electrons. The number of thioether (sulfide) groups is 1. The van der Waals surface area contributed by atoms with Crippen LogP contribution in [0.25, 0.3) is 16.8 Å². The molecule has 2 aromatic carbocycles. The van der Waals surface area contributed by atoms with Crippen molar-refractivity contribution in [1.82, 2.24) is 14.6 Å². The maximum Gasteiger partial charge on any atom is 0.269 e. The van der Waals surface area contributed by atoms with Gasteiger partial charge in [-0.05, 0) is 37.6 Å². The highest BCUT2D eigenvalue weighted by atomic mass is 32.2. The van der Waals surface area contributed by atoms with Crippen LogP contribution in [0, 0.1) is 24.0 Å². The molecule has 0 fully saturated rings. The summed E-state index contributed by atoms with van der Waals surface area (Å²) in [6.07, 6.45) is 0. The van der Waals surface area contributed by atoms with Gasteiger partial charge in [0.2, 0.25) is 5.91 Å². The average molecular weight is 433 g/mol. The molecule has 31 heavy (non-hydrogen) atoms. The van der Waals surface area contributed by atoms with Crippen molar-refractivity contribution in [2.45, 2.75) is 18.9 Å². The number of benzene rings is 2. The minimum atomic E-state index is -0.478. The Kier molecular flexibility index (Phi) is 5.68. The quantitative estimate of drug-likeness (QED) is 0.205. The summed E-state index contributed by atoms with van der Waals surface area (Å²) < 4.78 is 1.77. The van der Waals surface area contributed by atoms with Crippen LogP contribution in [0.3, 0.4) is 0 Å². The zero-order valence-electron chi connectivity index (χ0n) is 16.9. The maximum atomic E-state index is 12.4. The molecule has 0 aliphatic rings. The van der Waals surface area contributed by atoms with E-state index < -0.39 is 4.92 Å². The van der Waals surface area contributed by atoms with Gasteiger partial charge in [0, 0.05) is 29.1 Å². The van der Waals surface area contributed by atoms with Crippen LogP contribution in [-0.4, -0.2) is 31.2 Å². The zero-order chi connectivity index (χ0) is 22.0. The maximum absolute atomic E-state index is 12.4. The third-order valence-electron chi connectivity index (χ3n) is 4.63. The number of anilines is 1. The van der Waals surface area contributed by atoms with Crippen molar-refractivity contribution >= 4 is 34.7 Å². The van der Waals surface area contributed by atoms with Crippen LogP contribution in [0.2, 0.25) is 0 Å². The number of non-ortho nitro benzene ring substituents is 1. The largest absolute Gasteiger partial charge is 0.325 e. The standard InChI is InChI=1S/C22H19N5O3S/c1-14-12-20(31-13-19(28)24-17-8-10-18(11-9-17)27(29)30)26-22(23-14)21(15(2)25-26)16-6-4-3-5-7-16/h3-12H,13H2,1-2H3,(H,24,28). The zero-order valence-corrected chi connectivity index (χ0v) is 17.7. The number of aryl methyl sites for hydroxylation is 2. The SMILES string of the molecule is Cc1cc(SCC(=O)Nc2ccc([N+](=O)[O-])cc2)n2nc(C)c(-c3ccccc3)c2n1. The van der Waals surface area contributed by atoms with Gasteiger partial charge in [-0.25, -0.2) is 9.50 Å². The Morgan fingerprint density at radius 3 is 2.52 bits per heavy atom. The molecule has 0 aliphatic heterocycles. The Morgan fingerprint density at radius 1 is 1.13 bits per heavy atom. The van der Waals surface area contributed by atoms with Crippen LogP contribution in [0.1, 0.15) is 11.4 Å². The molecule has 2 heterocycles. The first-order valence-corrected chi connectivity index (χ1v) is 10.5. The molecule has 0 saturated heterocycles. The predicted octanol–water partition coefficient (Wildman–Crippen LogP) is 4.65. The second-order valence-corrected chi connectivity index (χ2v) is 7.93. The smallest absolute Gasteiger partial charge is 0.269 e. The molecule has 2 aromatic heterocycles. The highest BCUT2D eigenvalue weighted by Gasteiger charge is 2.17. The number of carbonyl (C=O) groups excluding carboxylic acids is 1. The van der Waals surface area contributed by atoms with Crippen LogP contribution < -0.4 is 5.32 Å². The summed E-state index contributed by atoms with van der Waals surface area (Å²) in [7, 11) is 0. The lowest BCUT2D eigenvalue weighted by Gasteiger charge is -2.08. The van der Waals surface area contributed by atoms with Gasteiger partial charge in [-0.1, -0.05) is 42.1 Å². The Labute approximate surface area is 182 Å². The monoisotopic (exact) mass is 433 g/mol. The summed E-state index contributed by atoms with van der Waals surface area (Å²) in [5.41, 5.74) is 4.95. The van der Waals surface area contributed by atoms with Crippen molar-refractivity contribution in [1.29, 1.82) is 0 Å². The number of nitrogens with zero attached hydrogens (tertiary/aromatic N) is 4. The second-order valence-electron chi connectivity index (χ2n) is 6.94. The number of nitro groups is 1. The highest BCUT2D eigenvalue weighted by molar-refractivity contribution is 7.99. The van der Waals surface area contributed by atoms with E-state index in [2.05, 4.69) is 15.4 Å². The molecule has 4 rings (SSSR count). The Hall–Kier alpha value is -3.72. The molecule has 0 bridgehead atoms. The molecule has 0 saturated carbocycles. The minimum absolute atomic E-state index is 0.0229. The molecule has 0 unspecified atom stereocenters. The van der Waals surface area contributed by atoms with Crippen LogP contribution in [0.4, 0.5) is 11.4 Å². The molecule has 0 atom stereocenters. The van der Waals surface area contributed by atoms with Gasteiger partial charge in [-0.15, -0.1) is 0 Å². The van der Waals surface area contributed by atoms with Crippen molar-refractivity contribution in [3.8, 4) is 11.1 Å². The van der Waals surface area contributed by atoms with E-state index in [1.165, 1.54) is 36.0 Å². The molecular weight excluding hydrogens is 414 g/mol. The lowest BCUT2D eigenvalue weighted by atomic mass is 10.1. The Morgan fingerprint density at radius 2 is 1.84 bits per heavy atom. The number of rotatable bonds is 6. The summed E-state index contributed by atoms with van der Waals surface area (Å²) in [4.78, 5) is 27.4. The van der Waals surface area contributed by atoms with Gasteiger partial charge in [0.05, 0.1) is 16.4 Å². The van der Waals surface area contributed by atoms with E-state index in [9.17, 15) is 14.9 Å². The van der Waals surface area contributed by atoms with Crippen molar-refractivity contribution in [2.24, 2.45) is 0 Å². The van der Waals surface area contributed by atoms with E-state index >= 15 is 0 Å². The molecule has 4 aromatic rings. The summed E-state index contributed by atoms with van der Waals surface area (Å²) in [6.45, 7) is 3.86. The van der Waals surface area contributed by atoms with Gasteiger partial charge >= 0.3 is 0 Å². The molecule has 1 N–H and O–H groups in total. The summed E-state index contributed by atoms with van der Waals surface area (Å²) in [5.74, 6) is -0.0524. The first-order valence-electron chi connectivity index (χ1n) is 9.52. The van der Waals surface area contributed by atoms with Gasteiger partial charge in [0.1, 0.15) is 5.03 Å². The number of amides is 1. The summed E-state index contributed by atoms with van der Waals surface area (Å²) >= 11 is 1.36. The van der Waals surface area contributed by atoms with E-state index in [1.807, 2.05) is 50.2 Å². The first kappa shape index (κ1) is 20.5. The second kappa shape index (κ2) is 8.57. The van der Waals surface area contributed by atoms with Crippen LogP contribution in [0.15, 0.2) is 65.7 Å². The van der Waals surface area contributed by atoms with E-state index in [4.69, 9.17) is 0 Å². The minimum Gasteiger partial charge on any atom is -0.325 e. The van der Waals surface area contributed by atoms with Crippen LogP contribution >= 0.6 is 11.8 Å². The predicted molar refractivity (Wildman–Crippen MR) is 120 cm³/mol. The van der Waals surface area contributed by atoms with E-state index in [0.717, 1.165) is 33.2 Å². The summed E-state index contributed by atoms with van der Waals surface area (Å²) in [5, 5.41) is 19.0. The van der Waals surface area contributed by atoms with Crippen LogP contribution in [0.5, 0.6) is 0 Å². The number of nitrogens with one attached hydrogen (secondary N) is 1. The average Bonchev–Trinajstić information content (AvgIpc) is 3.08. The van der Waals surface area contributed by atoms with E-state index in [-0.39, 0.29) is 17.3 Å². The Bertz CT molecular complexity index is 1270. The number of nitro benzene ring substituents is 1. The van der Waals surface area contributed by atoms with Crippen molar-refractivity contribution in [2.75, 3.05) is 11.1 Å². The van der Waals surface area contributed by atoms with Crippen molar-refractivity contribution < 1.29 is 9.72 Å². The van der Waals surface area contributed by atoms with E-state index in [0.29, 0.717) is 5.69 Å². The fourth-order valence-corrected chi connectivity index (χ4v) is 4.11. The molecule has 1 amide bonds. The fourth-order valence-electron chi connectivity index (χ4n) is 3.26. The first-order chi connectivity index (χ1) is 14.9. The molecule has 8 nitrogen and oxygen atoms in total. The number of fused-ring (bicyclic) bond motifs is 1. The van der Waals surface area contributed by atoms with Crippen LogP contribution in [-0.2, 0) is 4.79 Å². The topological polar surface area (TPSA) is 102 Å². The van der Waals surface area contributed by atoms with Gasteiger partial charge < -0.3 is 5.32 Å². The molecule has 0 spiro atoms.